The number of nitrogens with zero attached hydrogens (tertiary/aromatic N) is 1. The van der Waals surface area contributed by atoms with Gasteiger partial charge in [-0.3, -0.25) is 14.4 Å². The van der Waals surface area contributed by atoms with E-state index in [-0.39, 0.29) is 5.57 Å². The van der Waals surface area contributed by atoms with E-state index in [4.69, 9.17) is 5.73 Å². The molecule has 0 fully saturated rings. The predicted molar refractivity (Wildman–Crippen MR) is 107 cm³/mol. The van der Waals surface area contributed by atoms with Gasteiger partial charge in [0.2, 0.25) is 0 Å². The Hall–Kier alpha value is -4.32. The van der Waals surface area contributed by atoms with E-state index in [1.54, 1.807) is 12.1 Å². The molecular formula is C20H18N6O3. The lowest BCUT2D eigenvalue weighted by molar-refractivity contribution is -0.134. The van der Waals surface area contributed by atoms with Crippen LogP contribution in [0.2, 0.25) is 0 Å². The molecule has 0 radical (unpaired) electrons. The molecule has 9 nitrogen and oxygen atoms in total. The van der Waals surface area contributed by atoms with Crippen LogP contribution >= 0.6 is 0 Å². The Morgan fingerprint density at radius 1 is 1.03 bits per heavy atom. The van der Waals surface area contributed by atoms with Gasteiger partial charge in [0.05, 0.1) is 5.70 Å². The van der Waals surface area contributed by atoms with Gasteiger partial charge in [-0.05, 0) is 36.8 Å². The lowest BCUT2D eigenvalue weighted by Gasteiger charge is -2.29. The number of carbonyl (C=O) groups is 3. The van der Waals surface area contributed by atoms with E-state index < -0.39 is 24.0 Å². The fourth-order valence-corrected chi connectivity index (χ4v) is 2.71. The number of amides is 3. The summed E-state index contributed by atoms with van der Waals surface area (Å²) >= 11 is 0. The van der Waals surface area contributed by atoms with E-state index in [1.165, 1.54) is 12.1 Å². The van der Waals surface area contributed by atoms with E-state index in [0.29, 0.717) is 16.9 Å². The van der Waals surface area contributed by atoms with Crippen molar-refractivity contribution >= 4 is 34.8 Å². The Labute approximate surface area is 166 Å². The number of nitriles is 1. The van der Waals surface area contributed by atoms with Crippen molar-refractivity contribution in [1.82, 2.24) is 10.6 Å². The maximum absolute atomic E-state index is 12.4. The van der Waals surface area contributed by atoms with Gasteiger partial charge in [-0.25, -0.2) is 0 Å². The fourth-order valence-electron chi connectivity index (χ4n) is 2.71. The molecule has 1 aliphatic rings. The first-order valence-corrected chi connectivity index (χ1v) is 8.63. The highest BCUT2D eigenvalue weighted by Crippen LogP contribution is 2.22. The normalized spacial score (nSPS) is 15.6. The van der Waals surface area contributed by atoms with Crippen LogP contribution in [0.15, 0.2) is 54.1 Å². The summed E-state index contributed by atoms with van der Waals surface area (Å²) in [5.74, 6) is -2.55. The zero-order chi connectivity index (χ0) is 21.0. The predicted octanol–water partition coefficient (Wildman–Crippen LogP) is 0.769. The smallest absolute Gasteiger partial charge is 0.313 e. The third-order valence-corrected chi connectivity index (χ3v) is 4.17. The molecule has 29 heavy (non-hydrogen) atoms. The van der Waals surface area contributed by atoms with Gasteiger partial charge in [-0.15, -0.1) is 0 Å². The second kappa shape index (κ2) is 8.14. The number of benzene rings is 2. The van der Waals surface area contributed by atoms with Gasteiger partial charge in [-0.1, -0.05) is 29.8 Å². The third kappa shape index (κ3) is 4.51. The largest absolute Gasteiger partial charge is 0.361 e. The van der Waals surface area contributed by atoms with Crippen molar-refractivity contribution in [2.75, 3.05) is 10.6 Å². The quantitative estimate of drug-likeness (QED) is 0.487. The first-order chi connectivity index (χ1) is 13.9. The Kier molecular flexibility index (Phi) is 5.46. The van der Waals surface area contributed by atoms with E-state index in [1.807, 2.05) is 37.3 Å². The van der Waals surface area contributed by atoms with E-state index in [9.17, 15) is 19.6 Å². The van der Waals surface area contributed by atoms with E-state index in [0.717, 1.165) is 11.3 Å². The number of carbonyl (C=O) groups excluding carboxylic acids is 3. The molecule has 0 aliphatic carbocycles. The summed E-state index contributed by atoms with van der Waals surface area (Å²) in [6.45, 7) is 1.97. The van der Waals surface area contributed by atoms with Crippen LogP contribution in [0.3, 0.4) is 0 Å². The van der Waals surface area contributed by atoms with E-state index >= 15 is 0 Å². The zero-order valence-electron chi connectivity index (χ0n) is 15.4. The van der Waals surface area contributed by atoms with Crippen LogP contribution in [0.5, 0.6) is 0 Å². The highest BCUT2D eigenvalue weighted by molar-refractivity contribution is 6.39. The number of anilines is 2. The van der Waals surface area contributed by atoms with Crippen molar-refractivity contribution in [2.24, 2.45) is 5.73 Å². The van der Waals surface area contributed by atoms with Gasteiger partial charge in [0.1, 0.15) is 11.6 Å². The average molecular weight is 390 g/mol. The summed E-state index contributed by atoms with van der Waals surface area (Å²) in [5, 5.41) is 20.7. The summed E-state index contributed by atoms with van der Waals surface area (Å²) in [4.78, 5) is 34.6. The van der Waals surface area contributed by atoms with Crippen molar-refractivity contribution in [3.8, 4) is 6.07 Å². The van der Waals surface area contributed by atoms with Crippen LogP contribution in [0, 0.1) is 18.3 Å². The first-order valence-electron chi connectivity index (χ1n) is 8.63. The molecule has 6 N–H and O–H groups in total. The van der Waals surface area contributed by atoms with Crippen molar-refractivity contribution in [1.29, 1.82) is 5.26 Å². The lowest BCUT2D eigenvalue weighted by Crippen LogP contribution is -2.54. The molecule has 1 unspecified atom stereocenters. The summed E-state index contributed by atoms with van der Waals surface area (Å²) in [6.07, 6.45) is -0.633. The average Bonchev–Trinajstić information content (AvgIpc) is 2.70. The maximum atomic E-state index is 12.4. The number of hydrogen-bond donors (Lipinski definition) is 5. The Balaban J connectivity index is 1.82. The highest BCUT2D eigenvalue weighted by atomic mass is 16.2. The molecule has 1 atom stereocenters. The van der Waals surface area contributed by atoms with E-state index in [2.05, 4.69) is 21.3 Å². The SMILES string of the molecule is Cc1ccc(NC2NC(=O)C(C#N)=C(c3ccc(NC(=O)C(N)=O)cc3)N2)cc1. The molecule has 0 saturated carbocycles. The van der Waals surface area contributed by atoms with Gasteiger partial charge in [0, 0.05) is 11.4 Å². The first kappa shape index (κ1) is 19.4. The number of rotatable bonds is 4. The van der Waals surface area contributed by atoms with Crippen molar-refractivity contribution < 1.29 is 14.4 Å². The molecule has 2 aromatic carbocycles. The molecule has 9 heteroatoms. The lowest BCUT2D eigenvalue weighted by atomic mass is 10.0. The standard InChI is InChI=1S/C20H18N6O3/c1-11-2-6-14(7-3-11)24-20-25-16(15(10-21)18(28)26-20)12-4-8-13(9-5-12)23-19(29)17(22)27/h2-9,20,24-25H,1H3,(H2,22,27)(H,23,29)(H,26,28). The fraction of sp³-hybridized carbons (Fsp3) is 0.100. The second-order valence-electron chi connectivity index (χ2n) is 6.32. The van der Waals surface area contributed by atoms with Gasteiger partial charge in [-0.2, -0.15) is 5.26 Å². The molecule has 1 aliphatic heterocycles. The van der Waals surface area contributed by atoms with Gasteiger partial charge < -0.3 is 27.0 Å². The summed E-state index contributed by atoms with van der Waals surface area (Å²) < 4.78 is 0. The van der Waals surface area contributed by atoms with Crippen molar-refractivity contribution in [3.63, 3.8) is 0 Å². The monoisotopic (exact) mass is 390 g/mol. The summed E-state index contributed by atoms with van der Waals surface area (Å²) in [7, 11) is 0. The number of hydrogen-bond acceptors (Lipinski definition) is 6. The molecule has 3 rings (SSSR count). The summed E-state index contributed by atoms with van der Waals surface area (Å²) in [5.41, 5.74) is 7.99. The number of aryl methyl sites for hydroxylation is 1. The minimum absolute atomic E-state index is 0.0686. The van der Waals surface area contributed by atoms with Crippen molar-refractivity contribution in [3.05, 3.63) is 65.2 Å². The minimum atomic E-state index is -1.10. The molecular weight excluding hydrogens is 372 g/mol. The van der Waals surface area contributed by atoms with Crippen LogP contribution in [0.1, 0.15) is 11.1 Å². The Bertz CT molecular complexity index is 1040. The minimum Gasteiger partial charge on any atom is -0.361 e. The molecule has 3 amide bonds. The zero-order valence-corrected chi connectivity index (χ0v) is 15.4. The molecule has 0 saturated heterocycles. The Morgan fingerprint density at radius 2 is 1.66 bits per heavy atom. The molecule has 0 spiro atoms. The number of nitrogens with two attached hydrogens (primary N) is 1. The number of primary amides is 1. The van der Waals surface area contributed by atoms with Gasteiger partial charge in [0.15, 0.2) is 6.29 Å². The molecule has 146 valence electrons. The number of nitrogens with one attached hydrogen (secondary N) is 4. The van der Waals surface area contributed by atoms with Crippen LogP contribution in [-0.4, -0.2) is 24.0 Å². The molecule has 2 aromatic rings. The molecule has 0 bridgehead atoms. The highest BCUT2D eigenvalue weighted by Gasteiger charge is 2.27. The van der Waals surface area contributed by atoms with Crippen LogP contribution in [0.4, 0.5) is 11.4 Å². The second-order valence-corrected chi connectivity index (χ2v) is 6.32. The maximum Gasteiger partial charge on any atom is 0.313 e. The summed E-state index contributed by atoms with van der Waals surface area (Å²) in [6, 6.07) is 15.8. The van der Waals surface area contributed by atoms with Crippen LogP contribution in [-0.2, 0) is 14.4 Å². The van der Waals surface area contributed by atoms with Gasteiger partial charge >= 0.3 is 11.8 Å². The third-order valence-electron chi connectivity index (χ3n) is 4.17. The Morgan fingerprint density at radius 3 is 2.24 bits per heavy atom. The molecule has 0 aromatic heterocycles. The van der Waals surface area contributed by atoms with Crippen LogP contribution in [0.25, 0.3) is 5.70 Å². The van der Waals surface area contributed by atoms with Gasteiger partial charge in [0.25, 0.3) is 5.91 Å². The topological polar surface area (TPSA) is 149 Å². The van der Waals surface area contributed by atoms with Crippen LogP contribution < -0.4 is 27.0 Å². The van der Waals surface area contributed by atoms with Crippen molar-refractivity contribution in [2.45, 2.75) is 13.2 Å². The molecule has 1 heterocycles.